The van der Waals surface area contributed by atoms with Gasteiger partial charge in [-0.3, -0.25) is 4.79 Å². The van der Waals surface area contributed by atoms with E-state index in [0.717, 1.165) is 42.6 Å². The summed E-state index contributed by atoms with van der Waals surface area (Å²) in [5.41, 5.74) is 8.28. The van der Waals surface area contributed by atoms with Crippen molar-refractivity contribution < 1.29 is 14.3 Å². The highest BCUT2D eigenvalue weighted by molar-refractivity contribution is 5.85. The Balaban J connectivity index is 0.00000338. The Kier molecular flexibility index (Phi) is 10.6. The van der Waals surface area contributed by atoms with E-state index in [1.54, 1.807) is 0 Å². The van der Waals surface area contributed by atoms with Crippen molar-refractivity contribution in [3.8, 4) is 5.75 Å². The van der Waals surface area contributed by atoms with E-state index < -0.39 is 6.04 Å². The van der Waals surface area contributed by atoms with Crippen LogP contribution in [0.3, 0.4) is 0 Å². The van der Waals surface area contributed by atoms with Crippen molar-refractivity contribution in [1.82, 2.24) is 5.32 Å². The number of carbonyl (C=O) groups is 1. The summed E-state index contributed by atoms with van der Waals surface area (Å²) in [6.45, 7) is 6.76. The molecule has 0 saturated carbocycles. The first-order valence-corrected chi connectivity index (χ1v) is 9.45. The Morgan fingerprint density at radius 3 is 2.77 bits per heavy atom. The van der Waals surface area contributed by atoms with Crippen molar-refractivity contribution in [2.24, 2.45) is 11.7 Å². The van der Waals surface area contributed by atoms with Crippen LogP contribution in [0.2, 0.25) is 0 Å². The maximum Gasteiger partial charge on any atom is 0.237 e. The molecule has 0 aromatic heterocycles. The molecule has 5 nitrogen and oxygen atoms in total. The fraction of sp³-hybridized carbons (Fsp3) is 0.650. The maximum atomic E-state index is 12.4. The molecular formula is C20H33ClN2O3. The minimum Gasteiger partial charge on any atom is -0.493 e. The van der Waals surface area contributed by atoms with Gasteiger partial charge >= 0.3 is 0 Å². The molecule has 1 aliphatic rings. The third kappa shape index (κ3) is 7.14. The van der Waals surface area contributed by atoms with Gasteiger partial charge in [-0.1, -0.05) is 31.9 Å². The van der Waals surface area contributed by atoms with E-state index >= 15 is 0 Å². The average molecular weight is 385 g/mol. The molecule has 1 aromatic carbocycles. The molecule has 1 aromatic rings. The van der Waals surface area contributed by atoms with Crippen LogP contribution in [-0.4, -0.2) is 31.8 Å². The van der Waals surface area contributed by atoms with Gasteiger partial charge < -0.3 is 20.5 Å². The number of hydrogen-bond acceptors (Lipinski definition) is 4. The van der Waals surface area contributed by atoms with Crippen LogP contribution in [-0.2, 0) is 16.1 Å². The zero-order valence-electron chi connectivity index (χ0n) is 16.0. The average Bonchev–Trinajstić information content (AvgIpc) is 2.64. The summed E-state index contributed by atoms with van der Waals surface area (Å²) in [6.07, 6.45) is 5.09. The molecule has 1 fully saturated rings. The predicted molar refractivity (Wildman–Crippen MR) is 107 cm³/mol. The third-order valence-electron chi connectivity index (χ3n) is 4.76. The van der Waals surface area contributed by atoms with E-state index in [1.807, 2.05) is 25.1 Å². The number of rotatable bonds is 9. The van der Waals surface area contributed by atoms with Gasteiger partial charge in [0.05, 0.1) is 12.6 Å². The van der Waals surface area contributed by atoms with E-state index in [1.165, 1.54) is 6.42 Å². The molecule has 0 aliphatic carbocycles. The van der Waals surface area contributed by atoms with Crippen molar-refractivity contribution >= 4 is 18.3 Å². The largest absolute Gasteiger partial charge is 0.493 e. The second kappa shape index (κ2) is 12.2. The lowest BCUT2D eigenvalue weighted by molar-refractivity contribution is -0.124. The normalized spacial score (nSPS) is 15.8. The Hall–Kier alpha value is -1.30. The van der Waals surface area contributed by atoms with Gasteiger partial charge in [0.2, 0.25) is 5.91 Å². The lowest BCUT2D eigenvalue weighted by Gasteiger charge is -2.26. The van der Waals surface area contributed by atoms with E-state index in [4.69, 9.17) is 15.2 Å². The molecule has 0 spiro atoms. The molecule has 0 bridgehead atoms. The minimum atomic E-state index is -0.469. The summed E-state index contributed by atoms with van der Waals surface area (Å²) in [4.78, 5) is 12.4. The summed E-state index contributed by atoms with van der Waals surface area (Å²) in [5, 5.41) is 2.97. The Morgan fingerprint density at radius 1 is 1.35 bits per heavy atom. The number of amides is 1. The van der Waals surface area contributed by atoms with Gasteiger partial charge in [0.25, 0.3) is 0 Å². The first kappa shape index (κ1) is 22.7. The topological polar surface area (TPSA) is 73.6 Å². The van der Waals surface area contributed by atoms with Crippen LogP contribution in [0.4, 0.5) is 0 Å². The van der Waals surface area contributed by atoms with Gasteiger partial charge in [-0.05, 0) is 43.7 Å². The lowest BCUT2D eigenvalue weighted by atomic mass is 9.92. The summed E-state index contributed by atoms with van der Waals surface area (Å²) in [7, 11) is 0. The standard InChI is InChI=1S/C20H32N2O3.ClH/c1-3-4-5-10-25-18-13-15(2)6-7-17(18)14-22-20(23)19(21)16-8-11-24-12-9-16;/h6-7,13,16,19H,3-5,8-12,14,21H2,1-2H3,(H,22,23);1H. The highest BCUT2D eigenvalue weighted by Gasteiger charge is 2.26. The first-order valence-electron chi connectivity index (χ1n) is 9.45. The number of nitrogens with one attached hydrogen (secondary N) is 1. The number of halogens is 1. The molecule has 1 atom stereocenters. The van der Waals surface area contributed by atoms with Crippen LogP contribution >= 0.6 is 12.4 Å². The number of aryl methyl sites for hydroxylation is 1. The highest BCUT2D eigenvalue weighted by Crippen LogP contribution is 2.22. The number of unbranched alkanes of at least 4 members (excludes halogenated alkanes) is 2. The van der Waals surface area contributed by atoms with Crippen LogP contribution in [0.15, 0.2) is 18.2 Å². The molecule has 148 valence electrons. The van der Waals surface area contributed by atoms with Crippen molar-refractivity contribution in [3.05, 3.63) is 29.3 Å². The summed E-state index contributed by atoms with van der Waals surface area (Å²) >= 11 is 0. The number of ether oxygens (including phenoxy) is 2. The number of hydrogen-bond donors (Lipinski definition) is 2. The molecule has 26 heavy (non-hydrogen) atoms. The first-order chi connectivity index (χ1) is 12.1. The quantitative estimate of drug-likeness (QED) is 0.640. The van der Waals surface area contributed by atoms with Crippen molar-refractivity contribution in [2.45, 2.75) is 58.5 Å². The molecule has 1 aliphatic heterocycles. The SMILES string of the molecule is CCCCCOc1cc(C)ccc1CNC(=O)C(N)C1CCOCC1.Cl. The smallest absolute Gasteiger partial charge is 0.237 e. The van der Waals surface area contributed by atoms with Crippen LogP contribution in [0.1, 0.15) is 50.2 Å². The molecule has 1 heterocycles. The van der Waals surface area contributed by atoms with Gasteiger partial charge in [-0.25, -0.2) is 0 Å². The zero-order chi connectivity index (χ0) is 18.1. The van der Waals surface area contributed by atoms with Crippen molar-refractivity contribution in [3.63, 3.8) is 0 Å². The lowest BCUT2D eigenvalue weighted by Crippen LogP contribution is -2.46. The van der Waals surface area contributed by atoms with Gasteiger partial charge in [0.15, 0.2) is 0 Å². The van der Waals surface area contributed by atoms with Crippen LogP contribution in [0, 0.1) is 12.8 Å². The molecule has 2 rings (SSSR count). The third-order valence-corrected chi connectivity index (χ3v) is 4.76. The van der Waals surface area contributed by atoms with Gasteiger partial charge in [-0.15, -0.1) is 12.4 Å². The molecule has 3 N–H and O–H groups in total. The number of nitrogens with two attached hydrogens (primary N) is 1. The fourth-order valence-corrected chi connectivity index (χ4v) is 3.07. The second-order valence-electron chi connectivity index (χ2n) is 6.86. The molecule has 1 saturated heterocycles. The Morgan fingerprint density at radius 2 is 2.08 bits per heavy atom. The van der Waals surface area contributed by atoms with E-state index in [2.05, 4.69) is 12.2 Å². The summed E-state index contributed by atoms with van der Waals surface area (Å²) in [5.74, 6) is 0.969. The summed E-state index contributed by atoms with van der Waals surface area (Å²) < 4.78 is 11.3. The maximum absolute atomic E-state index is 12.4. The van der Waals surface area contributed by atoms with Crippen LogP contribution in [0.25, 0.3) is 0 Å². The number of benzene rings is 1. The van der Waals surface area contributed by atoms with E-state index in [-0.39, 0.29) is 24.2 Å². The molecular weight excluding hydrogens is 352 g/mol. The molecule has 1 unspecified atom stereocenters. The zero-order valence-corrected chi connectivity index (χ0v) is 16.8. The van der Waals surface area contributed by atoms with Gasteiger partial charge in [0, 0.05) is 25.3 Å². The highest BCUT2D eigenvalue weighted by atomic mass is 35.5. The van der Waals surface area contributed by atoms with Crippen LogP contribution in [0.5, 0.6) is 5.75 Å². The predicted octanol–water partition coefficient (Wildman–Crippen LogP) is 3.36. The molecule has 1 amide bonds. The molecule has 6 heteroatoms. The monoisotopic (exact) mass is 384 g/mol. The minimum absolute atomic E-state index is 0. The fourth-order valence-electron chi connectivity index (χ4n) is 3.07. The van der Waals surface area contributed by atoms with E-state index in [0.29, 0.717) is 26.4 Å². The second-order valence-corrected chi connectivity index (χ2v) is 6.86. The van der Waals surface area contributed by atoms with Crippen molar-refractivity contribution in [1.29, 1.82) is 0 Å². The van der Waals surface area contributed by atoms with E-state index in [9.17, 15) is 4.79 Å². The molecule has 0 radical (unpaired) electrons. The number of carbonyl (C=O) groups excluding carboxylic acids is 1. The van der Waals surface area contributed by atoms with Gasteiger partial charge in [-0.2, -0.15) is 0 Å². The van der Waals surface area contributed by atoms with Crippen LogP contribution < -0.4 is 15.8 Å². The van der Waals surface area contributed by atoms with Crippen molar-refractivity contribution in [2.75, 3.05) is 19.8 Å². The summed E-state index contributed by atoms with van der Waals surface area (Å²) in [6, 6.07) is 5.62. The van der Waals surface area contributed by atoms with Gasteiger partial charge in [0.1, 0.15) is 5.75 Å². The Labute approximate surface area is 163 Å². The Bertz CT molecular complexity index is 548.